The summed E-state index contributed by atoms with van der Waals surface area (Å²) in [7, 11) is 0. The van der Waals surface area contributed by atoms with Crippen molar-refractivity contribution in [3.8, 4) is 0 Å². The molecule has 0 aliphatic heterocycles. The highest BCUT2D eigenvalue weighted by molar-refractivity contribution is 5.79. The Bertz CT molecular complexity index is 222. The van der Waals surface area contributed by atoms with Crippen LogP contribution in [0.15, 0.2) is 4.99 Å². The number of rotatable bonds is 3. The number of nitrogens with two attached hydrogens (primary N) is 2. The highest BCUT2D eigenvalue weighted by Gasteiger charge is 2.01. The molecule has 0 aromatic heterocycles. The summed E-state index contributed by atoms with van der Waals surface area (Å²) < 4.78 is 0. The molecule has 14 heavy (non-hydrogen) atoms. The highest BCUT2D eigenvalue weighted by Crippen LogP contribution is 1.73. The summed E-state index contributed by atoms with van der Waals surface area (Å²) in [6.07, 6.45) is -1.23. The third kappa shape index (κ3) is 16.6. The summed E-state index contributed by atoms with van der Waals surface area (Å²) in [5.41, 5.74) is 9.61. The number of guanidine groups is 1. The third-order valence-corrected chi connectivity index (χ3v) is 0.754. The van der Waals surface area contributed by atoms with E-state index in [1.807, 2.05) is 0 Å². The van der Waals surface area contributed by atoms with Crippen LogP contribution in [0, 0.1) is 0 Å². The Balaban J connectivity index is 0. The number of aliphatic hydroxyl groups is 1. The van der Waals surface area contributed by atoms with Gasteiger partial charge in [0.25, 0.3) is 0 Å². The van der Waals surface area contributed by atoms with E-state index in [1.54, 1.807) is 0 Å². The Labute approximate surface area is 79.9 Å². The van der Waals surface area contributed by atoms with Gasteiger partial charge in [0.1, 0.15) is 12.6 Å². The van der Waals surface area contributed by atoms with E-state index in [2.05, 4.69) is 4.99 Å². The molecule has 0 aromatic rings. The van der Waals surface area contributed by atoms with Gasteiger partial charge in [-0.15, -0.1) is 0 Å². The van der Waals surface area contributed by atoms with E-state index < -0.39 is 18.0 Å². The first-order valence-electron chi connectivity index (χ1n) is 3.45. The van der Waals surface area contributed by atoms with Gasteiger partial charge in [0.05, 0.1) is 0 Å². The third-order valence-electron chi connectivity index (χ3n) is 0.754. The lowest BCUT2D eigenvalue weighted by atomic mass is 10.4. The average molecular weight is 207 g/mol. The Morgan fingerprint density at radius 3 is 1.79 bits per heavy atom. The van der Waals surface area contributed by atoms with Crippen LogP contribution in [0.3, 0.4) is 0 Å². The fourth-order valence-electron chi connectivity index (χ4n) is 0.159. The smallest absolute Gasteiger partial charge is 0.332 e. The maximum atomic E-state index is 9.69. The van der Waals surface area contributed by atoms with Crippen molar-refractivity contribution >= 4 is 17.9 Å². The molecule has 0 saturated carbocycles. The fraction of sp³-hybridized carbons (Fsp3) is 0.500. The molecule has 0 spiro atoms. The molecule has 0 rings (SSSR count). The molecule has 0 aliphatic rings. The lowest BCUT2D eigenvalue weighted by Crippen LogP contribution is -2.24. The van der Waals surface area contributed by atoms with E-state index in [0.29, 0.717) is 0 Å². The summed E-state index contributed by atoms with van der Waals surface area (Å²) >= 11 is 0. The zero-order valence-electron chi connectivity index (χ0n) is 7.54. The molecule has 0 heterocycles. The average Bonchev–Trinajstić information content (AvgIpc) is 2.01. The van der Waals surface area contributed by atoms with E-state index in [9.17, 15) is 9.59 Å². The van der Waals surface area contributed by atoms with Gasteiger partial charge < -0.3 is 26.8 Å². The number of aliphatic imine (C=N–C) groups is 1. The molecule has 82 valence electrons. The molecule has 0 amide bonds. The predicted molar refractivity (Wildman–Crippen MR) is 47.6 cm³/mol. The van der Waals surface area contributed by atoms with Crippen LogP contribution in [-0.4, -0.2) is 45.9 Å². The van der Waals surface area contributed by atoms with Crippen molar-refractivity contribution in [3.05, 3.63) is 0 Å². The van der Waals surface area contributed by atoms with Crippen LogP contribution in [0.1, 0.15) is 6.92 Å². The Hall–Kier alpha value is -1.83. The number of carboxylic acid groups (broad SMARTS) is 2. The minimum Gasteiger partial charge on any atom is -0.480 e. The van der Waals surface area contributed by atoms with E-state index >= 15 is 0 Å². The first kappa shape index (κ1) is 14.7. The second-order valence-corrected chi connectivity index (χ2v) is 2.15. The minimum atomic E-state index is -1.23. The molecular weight excluding hydrogens is 194 g/mol. The molecule has 1 atom stereocenters. The van der Waals surface area contributed by atoms with Crippen LogP contribution in [-0.2, 0) is 9.59 Å². The van der Waals surface area contributed by atoms with Gasteiger partial charge in [0, 0.05) is 0 Å². The Morgan fingerprint density at radius 2 is 1.71 bits per heavy atom. The van der Waals surface area contributed by atoms with Crippen LogP contribution < -0.4 is 11.5 Å². The normalized spacial score (nSPS) is 10.4. The quantitative estimate of drug-likeness (QED) is 0.259. The summed E-state index contributed by atoms with van der Waals surface area (Å²) in [6.45, 7) is 0.838. The van der Waals surface area contributed by atoms with E-state index in [4.69, 9.17) is 26.8 Å². The van der Waals surface area contributed by atoms with Gasteiger partial charge in [0.15, 0.2) is 5.96 Å². The van der Waals surface area contributed by atoms with Crippen molar-refractivity contribution in [3.63, 3.8) is 0 Å². The first-order valence-corrected chi connectivity index (χ1v) is 3.45. The minimum absolute atomic E-state index is 0.201. The van der Waals surface area contributed by atoms with E-state index in [1.165, 1.54) is 6.92 Å². The molecule has 7 N–H and O–H groups in total. The van der Waals surface area contributed by atoms with E-state index in [0.717, 1.165) is 0 Å². The van der Waals surface area contributed by atoms with Gasteiger partial charge >= 0.3 is 11.9 Å². The zero-order valence-corrected chi connectivity index (χ0v) is 7.54. The van der Waals surface area contributed by atoms with Crippen LogP contribution in [0.4, 0.5) is 0 Å². The molecule has 0 radical (unpaired) electrons. The Morgan fingerprint density at radius 1 is 1.36 bits per heavy atom. The van der Waals surface area contributed by atoms with Crippen LogP contribution >= 0.6 is 0 Å². The summed E-state index contributed by atoms with van der Waals surface area (Å²) in [6, 6.07) is 0. The van der Waals surface area contributed by atoms with E-state index in [-0.39, 0.29) is 12.5 Å². The number of carboxylic acids is 2. The SMILES string of the molecule is CC(O)C(=O)O.NC(N)=NCC(=O)O. The van der Waals surface area contributed by atoms with Gasteiger partial charge in [-0.25, -0.2) is 9.79 Å². The molecule has 0 aliphatic carbocycles. The summed E-state index contributed by atoms with van der Waals surface area (Å²) in [5.74, 6) is -2.43. The molecule has 0 bridgehead atoms. The number of hydrogen-bond acceptors (Lipinski definition) is 4. The lowest BCUT2D eigenvalue weighted by molar-refractivity contribution is -0.145. The summed E-state index contributed by atoms with van der Waals surface area (Å²) in [5, 5.41) is 23.7. The molecule has 0 aromatic carbocycles. The highest BCUT2D eigenvalue weighted by atomic mass is 16.4. The number of aliphatic hydroxyl groups excluding tert-OH is 1. The molecule has 1 unspecified atom stereocenters. The van der Waals surface area contributed by atoms with Crippen molar-refractivity contribution in [2.75, 3.05) is 6.54 Å². The standard InChI is InChI=1S/C3H7N3O2.C3H6O3/c4-3(5)6-1-2(7)8;1-2(4)3(5)6/h1H2,(H,7,8)(H4,4,5,6);2,4H,1H3,(H,5,6). The molecule has 8 heteroatoms. The maximum Gasteiger partial charge on any atom is 0.332 e. The van der Waals surface area contributed by atoms with Crippen LogP contribution in [0.2, 0.25) is 0 Å². The van der Waals surface area contributed by atoms with Crippen molar-refractivity contribution in [2.24, 2.45) is 16.5 Å². The van der Waals surface area contributed by atoms with Crippen molar-refractivity contribution in [2.45, 2.75) is 13.0 Å². The van der Waals surface area contributed by atoms with Gasteiger partial charge in [-0.05, 0) is 6.92 Å². The number of aliphatic carboxylic acids is 2. The van der Waals surface area contributed by atoms with Crippen molar-refractivity contribution in [1.29, 1.82) is 0 Å². The molecule has 0 saturated heterocycles. The second-order valence-electron chi connectivity index (χ2n) is 2.15. The monoisotopic (exact) mass is 207 g/mol. The Kier molecular flexibility index (Phi) is 8.18. The largest absolute Gasteiger partial charge is 0.480 e. The first-order chi connectivity index (χ1) is 6.27. The summed E-state index contributed by atoms with van der Waals surface area (Å²) in [4.78, 5) is 22.3. The van der Waals surface area contributed by atoms with Crippen LogP contribution in [0.25, 0.3) is 0 Å². The van der Waals surface area contributed by atoms with Crippen molar-refractivity contribution in [1.82, 2.24) is 0 Å². The van der Waals surface area contributed by atoms with Gasteiger partial charge in [-0.1, -0.05) is 0 Å². The van der Waals surface area contributed by atoms with Gasteiger partial charge in [0.2, 0.25) is 0 Å². The number of nitrogens with zero attached hydrogens (tertiary/aromatic N) is 1. The predicted octanol–water partition coefficient (Wildman–Crippen LogP) is -2.20. The molecule has 0 fully saturated rings. The number of carbonyl (C=O) groups is 2. The number of hydrogen-bond donors (Lipinski definition) is 5. The maximum absolute atomic E-state index is 9.69. The fourth-order valence-corrected chi connectivity index (χ4v) is 0.159. The topological polar surface area (TPSA) is 159 Å². The molecule has 8 nitrogen and oxygen atoms in total. The lowest BCUT2D eigenvalue weighted by Gasteiger charge is -1.89. The van der Waals surface area contributed by atoms with Crippen LogP contribution in [0.5, 0.6) is 0 Å². The van der Waals surface area contributed by atoms with Gasteiger partial charge in [-0.2, -0.15) is 0 Å². The molecular formula is C6H13N3O5. The zero-order chi connectivity index (χ0) is 11.7. The van der Waals surface area contributed by atoms with Crippen molar-refractivity contribution < 1.29 is 24.9 Å². The van der Waals surface area contributed by atoms with Gasteiger partial charge in [-0.3, -0.25) is 4.79 Å². The second kappa shape index (κ2) is 7.80.